The van der Waals surface area contributed by atoms with Crippen molar-refractivity contribution in [3.05, 3.63) is 58.7 Å². The molecule has 0 atom stereocenters. The van der Waals surface area contributed by atoms with Crippen LogP contribution in [0.25, 0.3) is 0 Å². The van der Waals surface area contributed by atoms with Crippen LogP contribution < -0.4 is 10.2 Å². The second-order valence-corrected chi connectivity index (χ2v) is 6.27. The predicted molar refractivity (Wildman–Crippen MR) is 98.5 cm³/mol. The quantitative estimate of drug-likeness (QED) is 0.927. The van der Waals surface area contributed by atoms with E-state index in [4.69, 9.17) is 0 Å². The average molecular weight is 324 g/mol. The van der Waals surface area contributed by atoms with Gasteiger partial charge in [-0.15, -0.1) is 0 Å². The molecule has 2 aromatic carbocycles. The number of hydrogen-bond acceptors (Lipinski definition) is 2. The van der Waals surface area contributed by atoms with E-state index in [-0.39, 0.29) is 18.4 Å². The molecule has 0 heterocycles. The van der Waals surface area contributed by atoms with Gasteiger partial charge in [0.15, 0.2) is 0 Å². The molecule has 0 fully saturated rings. The fourth-order valence-electron chi connectivity index (χ4n) is 2.83. The molecule has 24 heavy (non-hydrogen) atoms. The third-order valence-electron chi connectivity index (χ3n) is 3.95. The summed E-state index contributed by atoms with van der Waals surface area (Å²) in [6.45, 7) is 9.33. The second kappa shape index (κ2) is 7.30. The highest BCUT2D eigenvalue weighted by Gasteiger charge is 2.17. The van der Waals surface area contributed by atoms with Crippen molar-refractivity contribution in [1.82, 2.24) is 0 Å². The van der Waals surface area contributed by atoms with Crippen molar-refractivity contribution >= 4 is 23.2 Å². The van der Waals surface area contributed by atoms with Crippen LogP contribution in [0.15, 0.2) is 36.4 Å². The lowest BCUT2D eigenvalue weighted by Gasteiger charge is -2.22. The van der Waals surface area contributed by atoms with E-state index in [0.29, 0.717) is 0 Å². The zero-order valence-corrected chi connectivity index (χ0v) is 14.9. The number of carbonyl (C=O) groups excluding carboxylic acids is 2. The number of para-hydroxylation sites is 1. The summed E-state index contributed by atoms with van der Waals surface area (Å²) in [5, 5.41) is 2.93. The predicted octanol–water partition coefficient (Wildman–Crippen LogP) is 3.91. The lowest BCUT2D eigenvalue weighted by Crippen LogP contribution is -2.37. The van der Waals surface area contributed by atoms with Gasteiger partial charge in [0.05, 0.1) is 0 Å². The highest BCUT2D eigenvalue weighted by molar-refractivity contribution is 6.02. The van der Waals surface area contributed by atoms with Crippen molar-refractivity contribution in [1.29, 1.82) is 0 Å². The zero-order chi connectivity index (χ0) is 17.9. The minimum atomic E-state index is -0.207. The van der Waals surface area contributed by atoms with E-state index in [1.54, 1.807) is 0 Å². The first-order valence-corrected chi connectivity index (χ1v) is 8.00. The molecule has 2 aromatic rings. The van der Waals surface area contributed by atoms with E-state index in [9.17, 15) is 9.59 Å². The summed E-state index contributed by atoms with van der Waals surface area (Å²) in [6.07, 6.45) is 0. The molecule has 0 aliphatic carbocycles. The summed E-state index contributed by atoms with van der Waals surface area (Å²) < 4.78 is 0. The molecule has 0 aliphatic rings. The Balaban J connectivity index is 2.22. The molecule has 0 unspecified atom stereocenters. The Bertz CT molecular complexity index is 741. The molecule has 0 radical (unpaired) electrons. The third kappa shape index (κ3) is 4.22. The minimum Gasteiger partial charge on any atom is -0.324 e. The fourth-order valence-corrected chi connectivity index (χ4v) is 2.83. The molecule has 0 aromatic heterocycles. The van der Waals surface area contributed by atoms with Crippen molar-refractivity contribution in [3.63, 3.8) is 0 Å². The summed E-state index contributed by atoms with van der Waals surface area (Å²) >= 11 is 0. The number of aryl methyl sites for hydroxylation is 4. The van der Waals surface area contributed by atoms with Gasteiger partial charge in [0.1, 0.15) is 6.54 Å². The van der Waals surface area contributed by atoms with Crippen LogP contribution in [0.4, 0.5) is 11.4 Å². The SMILES string of the molecule is CC(=O)N(CC(=O)Nc1c(C)cccc1C)c1cc(C)cc(C)c1. The number of hydrogen-bond donors (Lipinski definition) is 1. The number of rotatable bonds is 4. The number of amides is 2. The van der Waals surface area contributed by atoms with E-state index in [0.717, 1.165) is 33.6 Å². The molecular weight excluding hydrogens is 300 g/mol. The Labute approximate surface area is 143 Å². The molecule has 2 rings (SSSR count). The highest BCUT2D eigenvalue weighted by Crippen LogP contribution is 2.21. The van der Waals surface area contributed by atoms with E-state index >= 15 is 0 Å². The molecule has 4 heteroatoms. The molecule has 0 aliphatic heterocycles. The molecule has 4 nitrogen and oxygen atoms in total. The van der Waals surface area contributed by atoms with Gasteiger partial charge in [-0.25, -0.2) is 0 Å². The van der Waals surface area contributed by atoms with Gasteiger partial charge in [-0.05, 0) is 62.1 Å². The maximum atomic E-state index is 12.5. The Morgan fingerprint density at radius 3 is 2.00 bits per heavy atom. The first kappa shape index (κ1) is 17.7. The van der Waals surface area contributed by atoms with Crippen molar-refractivity contribution in [2.24, 2.45) is 0 Å². The van der Waals surface area contributed by atoms with Crippen LogP contribution >= 0.6 is 0 Å². The molecule has 126 valence electrons. The van der Waals surface area contributed by atoms with Crippen LogP contribution in [-0.2, 0) is 9.59 Å². The Morgan fingerprint density at radius 2 is 1.50 bits per heavy atom. The van der Waals surface area contributed by atoms with Gasteiger partial charge >= 0.3 is 0 Å². The smallest absolute Gasteiger partial charge is 0.244 e. The lowest BCUT2D eigenvalue weighted by molar-refractivity contribution is -0.120. The summed E-state index contributed by atoms with van der Waals surface area (Å²) in [4.78, 5) is 26.0. The minimum absolute atomic E-state index is 0.00794. The van der Waals surface area contributed by atoms with E-state index in [1.807, 2.05) is 64.1 Å². The van der Waals surface area contributed by atoms with Gasteiger partial charge in [-0.1, -0.05) is 24.3 Å². The first-order valence-electron chi connectivity index (χ1n) is 8.00. The van der Waals surface area contributed by atoms with Crippen molar-refractivity contribution in [2.75, 3.05) is 16.8 Å². The summed E-state index contributed by atoms with van der Waals surface area (Å²) in [7, 11) is 0. The van der Waals surface area contributed by atoms with E-state index in [1.165, 1.54) is 11.8 Å². The number of benzene rings is 2. The largest absolute Gasteiger partial charge is 0.324 e. The maximum Gasteiger partial charge on any atom is 0.244 e. The molecule has 1 N–H and O–H groups in total. The van der Waals surface area contributed by atoms with E-state index < -0.39 is 0 Å². The average Bonchev–Trinajstić information content (AvgIpc) is 2.47. The first-order chi connectivity index (χ1) is 11.3. The summed E-state index contributed by atoms with van der Waals surface area (Å²) in [6, 6.07) is 11.7. The third-order valence-corrected chi connectivity index (χ3v) is 3.95. The normalized spacial score (nSPS) is 10.4. The molecule has 0 saturated heterocycles. The fraction of sp³-hybridized carbons (Fsp3) is 0.300. The summed E-state index contributed by atoms with van der Waals surface area (Å²) in [5.74, 6) is -0.363. The van der Waals surface area contributed by atoms with Crippen LogP contribution in [0.1, 0.15) is 29.2 Å². The molecule has 0 bridgehead atoms. The van der Waals surface area contributed by atoms with Crippen molar-refractivity contribution in [3.8, 4) is 0 Å². The van der Waals surface area contributed by atoms with Gasteiger partial charge in [0, 0.05) is 18.3 Å². The van der Waals surface area contributed by atoms with Crippen molar-refractivity contribution in [2.45, 2.75) is 34.6 Å². The lowest BCUT2D eigenvalue weighted by atomic mass is 10.1. The van der Waals surface area contributed by atoms with Gasteiger partial charge < -0.3 is 10.2 Å². The number of nitrogens with one attached hydrogen (secondary N) is 1. The Morgan fingerprint density at radius 1 is 0.958 bits per heavy atom. The number of nitrogens with zero attached hydrogens (tertiary/aromatic N) is 1. The van der Waals surface area contributed by atoms with Gasteiger partial charge in [-0.2, -0.15) is 0 Å². The Hall–Kier alpha value is -2.62. The van der Waals surface area contributed by atoms with Crippen LogP contribution in [0.3, 0.4) is 0 Å². The monoisotopic (exact) mass is 324 g/mol. The topological polar surface area (TPSA) is 49.4 Å². The number of anilines is 2. The van der Waals surface area contributed by atoms with Crippen LogP contribution in [-0.4, -0.2) is 18.4 Å². The zero-order valence-electron chi connectivity index (χ0n) is 14.9. The van der Waals surface area contributed by atoms with Gasteiger partial charge in [0.25, 0.3) is 0 Å². The second-order valence-electron chi connectivity index (χ2n) is 6.27. The van der Waals surface area contributed by atoms with E-state index in [2.05, 4.69) is 5.32 Å². The molecule has 0 spiro atoms. The molecule has 0 saturated carbocycles. The standard InChI is InChI=1S/C20H24N2O2/c1-13-9-14(2)11-18(10-13)22(17(5)23)12-19(24)21-20-15(3)7-6-8-16(20)4/h6-11H,12H2,1-5H3,(H,21,24). The number of carbonyl (C=O) groups is 2. The van der Waals surface area contributed by atoms with Gasteiger partial charge in [-0.3, -0.25) is 9.59 Å². The van der Waals surface area contributed by atoms with Crippen LogP contribution in [0, 0.1) is 27.7 Å². The van der Waals surface area contributed by atoms with Crippen LogP contribution in [0.2, 0.25) is 0 Å². The molecule has 2 amide bonds. The molecular formula is C20H24N2O2. The van der Waals surface area contributed by atoms with Crippen molar-refractivity contribution < 1.29 is 9.59 Å². The van der Waals surface area contributed by atoms with Gasteiger partial charge in [0.2, 0.25) is 11.8 Å². The highest BCUT2D eigenvalue weighted by atomic mass is 16.2. The van der Waals surface area contributed by atoms with Crippen LogP contribution in [0.5, 0.6) is 0 Å². The summed E-state index contributed by atoms with van der Waals surface area (Å²) in [5.41, 5.74) is 5.69. The maximum absolute atomic E-state index is 12.5. The Kier molecular flexibility index (Phi) is 5.39.